The third-order valence-electron chi connectivity index (χ3n) is 5.80. The van der Waals surface area contributed by atoms with Gasteiger partial charge in [-0.2, -0.15) is 0 Å². The number of ether oxygens (including phenoxy) is 1. The van der Waals surface area contributed by atoms with Gasteiger partial charge in [0, 0.05) is 6.54 Å². The topological polar surface area (TPSA) is 142 Å². The highest BCUT2D eigenvalue weighted by molar-refractivity contribution is 7.75. The molecule has 13 heteroatoms. The standard InChI is InChI=1S/C27H31N3O8S2/c1-4-38-27(33)18-28(17-26(31)32)16-21-9-14-24(29(39(34)35)22-10-5-19(2)6-11-22)25(15-21)30(40(36)37)23-12-7-20(3)8-13-23/h5-15,39-40H,4,16-18H2,1-3H3,(H,31,32). The third kappa shape index (κ3) is 8.04. The van der Waals surface area contributed by atoms with Crippen molar-refractivity contribution in [2.45, 2.75) is 27.3 Å². The lowest BCUT2D eigenvalue weighted by Crippen LogP contribution is -2.35. The van der Waals surface area contributed by atoms with Gasteiger partial charge in [-0.05, 0) is 62.7 Å². The number of anilines is 4. The zero-order valence-electron chi connectivity index (χ0n) is 22.2. The van der Waals surface area contributed by atoms with Crippen molar-refractivity contribution < 1.29 is 36.3 Å². The van der Waals surface area contributed by atoms with Crippen LogP contribution in [0.4, 0.5) is 22.7 Å². The van der Waals surface area contributed by atoms with Crippen LogP contribution in [0.1, 0.15) is 23.6 Å². The second kappa shape index (κ2) is 13.9. The van der Waals surface area contributed by atoms with Crippen molar-refractivity contribution in [1.82, 2.24) is 4.90 Å². The molecule has 0 aliphatic heterocycles. The van der Waals surface area contributed by atoms with E-state index in [9.17, 15) is 31.5 Å². The van der Waals surface area contributed by atoms with Crippen LogP contribution in [0.3, 0.4) is 0 Å². The molecular formula is C27H31N3O8S2. The number of thiol groups is 2. The van der Waals surface area contributed by atoms with Crippen molar-refractivity contribution >= 4 is 56.5 Å². The highest BCUT2D eigenvalue weighted by Crippen LogP contribution is 2.39. The molecule has 0 aromatic heterocycles. The number of carbonyl (C=O) groups excluding carboxylic acids is 1. The molecule has 0 radical (unpaired) electrons. The molecule has 40 heavy (non-hydrogen) atoms. The van der Waals surface area contributed by atoms with Crippen LogP contribution in [-0.4, -0.2) is 58.5 Å². The first-order valence-corrected chi connectivity index (χ1v) is 14.5. The van der Waals surface area contributed by atoms with Crippen LogP contribution in [0, 0.1) is 13.8 Å². The summed E-state index contributed by atoms with van der Waals surface area (Å²) >= 11 is 0. The van der Waals surface area contributed by atoms with E-state index in [2.05, 4.69) is 0 Å². The van der Waals surface area contributed by atoms with E-state index < -0.39 is 40.3 Å². The molecule has 0 heterocycles. The van der Waals surface area contributed by atoms with Crippen LogP contribution in [0.2, 0.25) is 0 Å². The van der Waals surface area contributed by atoms with Gasteiger partial charge >= 0.3 is 11.9 Å². The zero-order valence-corrected chi connectivity index (χ0v) is 24.0. The average Bonchev–Trinajstić information content (AvgIpc) is 2.87. The number of aryl methyl sites for hydroxylation is 2. The largest absolute Gasteiger partial charge is 0.480 e. The zero-order chi connectivity index (χ0) is 29.4. The lowest BCUT2D eigenvalue weighted by atomic mass is 10.1. The van der Waals surface area contributed by atoms with E-state index in [1.165, 1.54) is 17.0 Å². The van der Waals surface area contributed by atoms with Gasteiger partial charge in [-0.1, -0.05) is 41.5 Å². The molecule has 3 aromatic rings. The molecule has 0 spiro atoms. The summed E-state index contributed by atoms with van der Waals surface area (Å²) in [4.78, 5) is 24.9. The van der Waals surface area contributed by atoms with Crippen LogP contribution >= 0.6 is 0 Å². The molecule has 0 fully saturated rings. The Morgan fingerprint density at radius 3 is 1.70 bits per heavy atom. The molecule has 0 bridgehead atoms. The van der Waals surface area contributed by atoms with Crippen LogP contribution in [0.25, 0.3) is 0 Å². The number of hydrogen-bond donors (Lipinski definition) is 3. The van der Waals surface area contributed by atoms with Gasteiger partial charge in [0.25, 0.3) is 0 Å². The summed E-state index contributed by atoms with van der Waals surface area (Å²) in [6.45, 7) is 4.62. The second-order valence-electron chi connectivity index (χ2n) is 8.94. The van der Waals surface area contributed by atoms with Crippen molar-refractivity contribution in [3.8, 4) is 0 Å². The Morgan fingerprint density at radius 2 is 1.25 bits per heavy atom. The Kier molecular flexibility index (Phi) is 10.6. The second-order valence-corrected chi connectivity index (χ2v) is 10.7. The maximum Gasteiger partial charge on any atom is 0.320 e. The molecule has 0 unspecified atom stereocenters. The monoisotopic (exact) mass is 589 g/mol. The summed E-state index contributed by atoms with van der Waals surface area (Å²) in [7, 11) is -6.55. The van der Waals surface area contributed by atoms with Crippen LogP contribution in [0.15, 0.2) is 66.7 Å². The van der Waals surface area contributed by atoms with E-state index >= 15 is 0 Å². The summed E-state index contributed by atoms with van der Waals surface area (Å²) in [5.41, 5.74) is 2.93. The summed E-state index contributed by atoms with van der Waals surface area (Å²) in [6.07, 6.45) is 0. The van der Waals surface area contributed by atoms with Gasteiger partial charge in [0.1, 0.15) is 0 Å². The van der Waals surface area contributed by atoms with Gasteiger partial charge in [-0.15, -0.1) is 0 Å². The quantitative estimate of drug-likeness (QED) is 0.203. The maximum absolute atomic E-state index is 12.7. The predicted octanol–water partition coefficient (Wildman–Crippen LogP) is 3.08. The lowest BCUT2D eigenvalue weighted by Gasteiger charge is -2.27. The van der Waals surface area contributed by atoms with Crippen LogP contribution in [-0.2, 0) is 42.7 Å². The minimum Gasteiger partial charge on any atom is -0.480 e. The first-order valence-electron chi connectivity index (χ1n) is 12.2. The van der Waals surface area contributed by atoms with Crippen molar-refractivity contribution in [2.24, 2.45) is 0 Å². The van der Waals surface area contributed by atoms with E-state index in [1.54, 1.807) is 61.5 Å². The van der Waals surface area contributed by atoms with Gasteiger partial charge in [-0.3, -0.25) is 14.5 Å². The van der Waals surface area contributed by atoms with Crippen molar-refractivity contribution in [2.75, 3.05) is 28.3 Å². The number of rotatable bonds is 13. The van der Waals surface area contributed by atoms with Crippen LogP contribution in [0.5, 0.6) is 0 Å². The number of carboxylic acids is 1. The number of nitrogens with zero attached hydrogens (tertiary/aromatic N) is 3. The Labute approximate surface area is 236 Å². The van der Waals surface area contributed by atoms with E-state index in [0.29, 0.717) is 11.3 Å². The molecule has 3 aromatic carbocycles. The molecule has 0 aliphatic carbocycles. The Bertz CT molecular complexity index is 1490. The highest BCUT2D eigenvalue weighted by Gasteiger charge is 2.24. The van der Waals surface area contributed by atoms with E-state index in [-0.39, 0.29) is 36.8 Å². The fourth-order valence-electron chi connectivity index (χ4n) is 4.04. The average molecular weight is 590 g/mol. The number of benzene rings is 3. The summed E-state index contributed by atoms with van der Waals surface area (Å²) < 4.78 is 57.4. The van der Waals surface area contributed by atoms with Gasteiger partial charge in [0.15, 0.2) is 0 Å². The minimum absolute atomic E-state index is 0.0312. The smallest absolute Gasteiger partial charge is 0.320 e. The highest BCUT2D eigenvalue weighted by atomic mass is 32.2. The third-order valence-corrected chi connectivity index (χ3v) is 7.35. The number of carbonyl (C=O) groups is 2. The summed E-state index contributed by atoms with van der Waals surface area (Å²) in [5, 5.41) is 9.36. The molecule has 0 saturated heterocycles. The van der Waals surface area contributed by atoms with Crippen molar-refractivity contribution in [3.63, 3.8) is 0 Å². The number of carboxylic acid groups (broad SMARTS) is 1. The molecule has 0 atom stereocenters. The van der Waals surface area contributed by atoms with E-state index in [4.69, 9.17) is 4.74 Å². The predicted molar refractivity (Wildman–Crippen MR) is 153 cm³/mol. The van der Waals surface area contributed by atoms with Gasteiger partial charge < -0.3 is 9.84 Å². The maximum atomic E-state index is 12.7. The summed E-state index contributed by atoms with van der Waals surface area (Å²) in [6, 6.07) is 17.8. The molecule has 214 valence electrons. The molecule has 0 amide bonds. The SMILES string of the molecule is CCOC(=O)CN(CC(=O)O)Cc1ccc(N(c2ccc(C)cc2)[SH](=O)=O)c(N(c2ccc(C)cc2)[SH](=O)=O)c1. The minimum atomic E-state index is -3.30. The Hall–Kier alpha value is -3.94. The van der Waals surface area contributed by atoms with Crippen molar-refractivity contribution in [3.05, 3.63) is 83.4 Å². The molecule has 0 aliphatic rings. The van der Waals surface area contributed by atoms with Gasteiger partial charge in [0.05, 0.1) is 42.4 Å². The Balaban J connectivity index is 2.20. The molecule has 11 nitrogen and oxygen atoms in total. The molecular weight excluding hydrogens is 558 g/mol. The first kappa shape index (κ1) is 30.6. The first-order chi connectivity index (χ1) is 19.0. The van der Waals surface area contributed by atoms with E-state index in [0.717, 1.165) is 19.7 Å². The van der Waals surface area contributed by atoms with E-state index in [1.807, 2.05) is 13.8 Å². The summed E-state index contributed by atoms with van der Waals surface area (Å²) in [5.74, 6) is -1.78. The molecule has 1 N–H and O–H groups in total. The Morgan fingerprint density at radius 1 is 0.750 bits per heavy atom. The fraction of sp³-hybridized carbons (Fsp3) is 0.259. The van der Waals surface area contributed by atoms with Gasteiger partial charge in [-0.25, -0.2) is 25.4 Å². The molecule has 3 rings (SSSR count). The lowest BCUT2D eigenvalue weighted by molar-refractivity contribution is -0.146. The number of esters is 1. The van der Waals surface area contributed by atoms with Crippen molar-refractivity contribution in [1.29, 1.82) is 0 Å². The molecule has 0 saturated carbocycles. The number of hydrogen-bond acceptors (Lipinski definition) is 8. The normalized spacial score (nSPS) is 11.2. The number of aliphatic carboxylic acids is 1. The van der Waals surface area contributed by atoms with Gasteiger partial charge in [0.2, 0.25) is 21.8 Å². The van der Waals surface area contributed by atoms with Crippen LogP contribution < -0.4 is 8.61 Å². The fourth-order valence-corrected chi connectivity index (χ4v) is 5.36.